The van der Waals surface area contributed by atoms with Gasteiger partial charge in [0.15, 0.2) is 11.5 Å². The lowest BCUT2D eigenvalue weighted by Gasteiger charge is -2.16. The highest BCUT2D eigenvalue weighted by Crippen LogP contribution is 2.37. The van der Waals surface area contributed by atoms with Gasteiger partial charge in [-0.25, -0.2) is 4.79 Å². The molecule has 3 aromatic carbocycles. The average Bonchev–Trinajstić information content (AvgIpc) is 2.73. The highest BCUT2D eigenvalue weighted by Gasteiger charge is 2.13. The SMILES string of the molecule is CCOc1cc(CNc2ccc(C(=O)O)cc2)cc(Br)c1OCc1ccccc1. The van der Waals surface area contributed by atoms with Gasteiger partial charge in [-0.15, -0.1) is 0 Å². The predicted molar refractivity (Wildman–Crippen MR) is 117 cm³/mol. The van der Waals surface area contributed by atoms with Crippen LogP contribution in [0.15, 0.2) is 71.2 Å². The molecule has 0 bridgehead atoms. The molecule has 150 valence electrons. The highest BCUT2D eigenvalue weighted by atomic mass is 79.9. The first-order valence-corrected chi connectivity index (χ1v) is 10.0. The van der Waals surface area contributed by atoms with Gasteiger partial charge in [-0.1, -0.05) is 30.3 Å². The molecule has 6 heteroatoms. The van der Waals surface area contributed by atoms with E-state index in [9.17, 15) is 4.79 Å². The smallest absolute Gasteiger partial charge is 0.335 e. The quantitative estimate of drug-likeness (QED) is 0.430. The first-order valence-electron chi connectivity index (χ1n) is 9.26. The molecule has 0 aromatic heterocycles. The van der Waals surface area contributed by atoms with Crippen LogP contribution in [0.5, 0.6) is 11.5 Å². The van der Waals surface area contributed by atoms with Gasteiger partial charge in [0.05, 0.1) is 16.6 Å². The molecular formula is C23H22BrNO4. The molecular weight excluding hydrogens is 434 g/mol. The van der Waals surface area contributed by atoms with Gasteiger partial charge in [0.25, 0.3) is 0 Å². The van der Waals surface area contributed by atoms with Gasteiger partial charge >= 0.3 is 5.97 Å². The molecule has 2 N–H and O–H groups in total. The van der Waals surface area contributed by atoms with Crippen LogP contribution < -0.4 is 14.8 Å². The molecule has 0 unspecified atom stereocenters. The third kappa shape index (κ3) is 5.74. The van der Waals surface area contributed by atoms with Crippen LogP contribution in [0.25, 0.3) is 0 Å². The Hall–Kier alpha value is -2.99. The van der Waals surface area contributed by atoms with Gasteiger partial charge in [0.2, 0.25) is 0 Å². The lowest BCUT2D eigenvalue weighted by Crippen LogP contribution is -2.04. The zero-order valence-electron chi connectivity index (χ0n) is 16.0. The van der Waals surface area contributed by atoms with Crippen LogP contribution in [-0.2, 0) is 13.2 Å². The van der Waals surface area contributed by atoms with E-state index in [4.69, 9.17) is 14.6 Å². The molecule has 0 radical (unpaired) electrons. The number of anilines is 1. The fourth-order valence-electron chi connectivity index (χ4n) is 2.79. The third-order valence-corrected chi connectivity index (χ3v) is 4.81. The van der Waals surface area contributed by atoms with E-state index in [2.05, 4.69) is 21.2 Å². The van der Waals surface area contributed by atoms with Crippen LogP contribution in [0.2, 0.25) is 0 Å². The molecule has 0 aliphatic carbocycles. The summed E-state index contributed by atoms with van der Waals surface area (Å²) in [5, 5.41) is 12.3. The van der Waals surface area contributed by atoms with Crippen LogP contribution in [0.3, 0.4) is 0 Å². The molecule has 0 saturated heterocycles. The third-order valence-electron chi connectivity index (χ3n) is 4.22. The monoisotopic (exact) mass is 455 g/mol. The zero-order chi connectivity index (χ0) is 20.6. The van der Waals surface area contributed by atoms with E-state index in [-0.39, 0.29) is 5.56 Å². The van der Waals surface area contributed by atoms with Gasteiger partial charge in [0.1, 0.15) is 6.61 Å². The number of rotatable bonds is 9. The molecule has 3 aromatic rings. The molecule has 0 heterocycles. The summed E-state index contributed by atoms with van der Waals surface area (Å²) in [6.45, 7) is 3.47. The van der Waals surface area contributed by atoms with E-state index < -0.39 is 5.97 Å². The van der Waals surface area contributed by atoms with Crippen molar-refractivity contribution < 1.29 is 19.4 Å². The molecule has 0 amide bonds. The predicted octanol–water partition coefficient (Wildman–Crippen LogP) is 5.74. The van der Waals surface area contributed by atoms with Gasteiger partial charge in [0, 0.05) is 12.2 Å². The van der Waals surface area contributed by atoms with Gasteiger partial charge < -0.3 is 19.9 Å². The second kappa shape index (κ2) is 9.98. The van der Waals surface area contributed by atoms with E-state index in [0.717, 1.165) is 21.3 Å². The molecule has 0 saturated carbocycles. The number of nitrogens with one attached hydrogen (secondary N) is 1. The Morgan fingerprint density at radius 1 is 1.00 bits per heavy atom. The summed E-state index contributed by atoms with van der Waals surface area (Å²) in [4.78, 5) is 11.0. The fraction of sp³-hybridized carbons (Fsp3) is 0.174. The molecule has 0 atom stereocenters. The lowest BCUT2D eigenvalue weighted by molar-refractivity contribution is 0.0697. The van der Waals surface area contributed by atoms with Crippen molar-refractivity contribution in [1.82, 2.24) is 0 Å². The van der Waals surface area contributed by atoms with Gasteiger partial charge in [-0.05, 0) is 70.4 Å². The number of carboxylic acids is 1. The molecule has 3 rings (SSSR count). The molecule has 0 fully saturated rings. The van der Waals surface area contributed by atoms with Crippen LogP contribution in [0.4, 0.5) is 5.69 Å². The number of carbonyl (C=O) groups is 1. The van der Waals surface area contributed by atoms with Crippen LogP contribution in [0.1, 0.15) is 28.4 Å². The fourth-order valence-corrected chi connectivity index (χ4v) is 3.39. The van der Waals surface area contributed by atoms with Gasteiger partial charge in [-0.3, -0.25) is 0 Å². The van der Waals surface area contributed by atoms with Crippen molar-refractivity contribution in [2.45, 2.75) is 20.1 Å². The molecule has 5 nitrogen and oxygen atoms in total. The van der Waals surface area contributed by atoms with Crippen molar-refractivity contribution in [1.29, 1.82) is 0 Å². The van der Waals surface area contributed by atoms with Crippen LogP contribution >= 0.6 is 15.9 Å². The Kier molecular flexibility index (Phi) is 7.14. The molecule has 0 aliphatic rings. The minimum Gasteiger partial charge on any atom is -0.490 e. The summed E-state index contributed by atoms with van der Waals surface area (Å²) in [6, 6.07) is 20.6. The normalized spacial score (nSPS) is 10.4. The first kappa shape index (κ1) is 20.7. The standard InChI is InChI=1S/C23H22BrNO4/c1-2-28-21-13-17(14-25-19-10-8-18(9-11-19)23(26)27)12-20(24)22(21)29-15-16-6-4-3-5-7-16/h3-13,25H,2,14-15H2,1H3,(H,26,27). The van der Waals surface area contributed by atoms with Crippen LogP contribution in [-0.4, -0.2) is 17.7 Å². The summed E-state index contributed by atoms with van der Waals surface area (Å²) >= 11 is 3.60. The largest absolute Gasteiger partial charge is 0.490 e. The minimum atomic E-state index is -0.937. The van der Waals surface area contributed by atoms with Crippen molar-refractivity contribution >= 4 is 27.6 Å². The maximum Gasteiger partial charge on any atom is 0.335 e. The maximum absolute atomic E-state index is 11.0. The molecule has 0 aliphatic heterocycles. The first-order chi connectivity index (χ1) is 14.1. The Morgan fingerprint density at radius 2 is 1.72 bits per heavy atom. The lowest BCUT2D eigenvalue weighted by atomic mass is 10.1. The Morgan fingerprint density at radius 3 is 2.38 bits per heavy atom. The van der Waals surface area contributed by atoms with Crippen molar-refractivity contribution in [3.63, 3.8) is 0 Å². The number of halogens is 1. The molecule has 29 heavy (non-hydrogen) atoms. The van der Waals surface area contributed by atoms with Gasteiger partial charge in [-0.2, -0.15) is 0 Å². The van der Waals surface area contributed by atoms with Crippen molar-refractivity contribution in [2.75, 3.05) is 11.9 Å². The summed E-state index contributed by atoms with van der Waals surface area (Å²) in [7, 11) is 0. The van der Waals surface area contributed by atoms with Crippen LogP contribution in [0, 0.1) is 0 Å². The van der Waals surface area contributed by atoms with Crippen molar-refractivity contribution in [3.8, 4) is 11.5 Å². The minimum absolute atomic E-state index is 0.261. The number of benzene rings is 3. The summed E-state index contributed by atoms with van der Waals surface area (Å²) in [5.74, 6) is 0.411. The average molecular weight is 456 g/mol. The van der Waals surface area contributed by atoms with Crippen molar-refractivity contribution in [3.05, 3.63) is 87.9 Å². The Labute approximate surface area is 178 Å². The number of hydrogen-bond donors (Lipinski definition) is 2. The Bertz CT molecular complexity index is 959. The van der Waals surface area contributed by atoms with E-state index in [1.54, 1.807) is 24.3 Å². The number of ether oxygens (including phenoxy) is 2. The summed E-state index contributed by atoms with van der Waals surface area (Å²) in [6.07, 6.45) is 0. The summed E-state index contributed by atoms with van der Waals surface area (Å²) in [5.41, 5.74) is 3.19. The number of hydrogen-bond acceptors (Lipinski definition) is 4. The topological polar surface area (TPSA) is 67.8 Å². The maximum atomic E-state index is 11.0. The van der Waals surface area contributed by atoms with E-state index in [0.29, 0.717) is 31.3 Å². The summed E-state index contributed by atoms with van der Waals surface area (Å²) < 4.78 is 12.6. The molecule has 0 spiro atoms. The Balaban J connectivity index is 1.71. The second-order valence-corrected chi connectivity index (χ2v) is 7.20. The highest BCUT2D eigenvalue weighted by molar-refractivity contribution is 9.10. The van der Waals surface area contributed by atoms with E-state index in [1.807, 2.05) is 49.4 Å². The second-order valence-electron chi connectivity index (χ2n) is 6.35. The van der Waals surface area contributed by atoms with E-state index >= 15 is 0 Å². The number of carboxylic acid groups (broad SMARTS) is 1. The van der Waals surface area contributed by atoms with E-state index in [1.165, 1.54) is 0 Å². The number of aromatic carboxylic acids is 1. The van der Waals surface area contributed by atoms with Crippen molar-refractivity contribution in [2.24, 2.45) is 0 Å². The zero-order valence-corrected chi connectivity index (χ0v) is 17.6.